The first-order valence-electron chi connectivity index (χ1n) is 9.87. The molecule has 0 unspecified atom stereocenters. The Labute approximate surface area is 179 Å². The molecule has 2 aromatic heterocycles. The Morgan fingerprint density at radius 2 is 1.70 bits per heavy atom. The summed E-state index contributed by atoms with van der Waals surface area (Å²) in [5, 5.41) is 1.65. The fourth-order valence-corrected chi connectivity index (χ4v) is 4.16. The Morgan fingerprint density at radius 1 is 0.933 bits per heavy atom. The molecule has 4 nitrogen and oxygen atoms in total. The number of halogens is 1. The second-order valence-corrected chi connectivity index (χ2v) is 7.97. The molecule has 0 amide bonds. The molecule has 0 spiro atoms. The summed E-state index contributed by atoms with van der Waals surface area (Å²) in [6.45, 7) is 3.04. The molecule has 148 valence electrons. The first-order chi connectivity index (χ1) is 14.6. The molecule has 5 aromatic rings. The lowest BCUT2D eigenvalue weighted by Gasteiger charge is -2.10. The summed E-state index contributed by atoms with van der Waals surface area (Å²) < 4.78 is 3.72. The smallest absolute Gasteiger partial charge is 0.278 e. The first-order valence-corrected chi connectivity index (χ1v) is 10.2. The van der Waals surface area contributed by atoms with Crippen LogP contribution in [0.5, 0.6) is 0 Å². The molecule has 0 aliphatic carbocycles. The molecule has 0 aliphatic rings. The van der Waals surface area contributed by atoms with Crippen LogP contribution in [-0.4, -0.2) is 14.1 Å². The van der Waals surface area contributed by atoms with Crippen molar-refractivity contribution in [3.8, 4) is 0 Å². The van der Waals surface area contributed by atoms with Gasteiger partial charge < -0.3 is 4.57 Å². The quantitative estimate of drug-likeness (QED) is 0.395. The van der Waals surface area contributed by atoms with Gasteiger partial charge in [-0.25, -0.2) is 4.98 Å². The molecule has 0 atom stereocenters. The molecule has 0 bridgehead atoms. The Hall–Kier alpha value is -3.37. The molecular formula is C25H20ClN3O. The molecule has 0 fully saturated rings. The molecule has 30 heavy (non-hydrogen) atoms. The Kier molecular flexibility index (Phi) is 4.64. The van der Waals surface area contributed by atoms with Gasteiger partial charge in [0.25, 0.3) is 5.56 Å². The molecule has 0 radical (unpaired) electrons. The highest BCUT2D eigenvalue weighted by Crippen LogP contribution is 2.27. The number of aryl methyl sites for hydroxylation is 1. The van der Waals surface area contributed by atoms with Gasteiger partial charge in [-0.3, -0.25) is 9.36 Å². The lowest BCUT2D eigenvalue weighted by atomic mass is 10.1. The average Bonchev–Trinajstić information content (AvgIpc) is 3.05. The molecular weight excluding hydrogens is 394 g/mol. The highest BCUT2D eigenvalue weighted by atomic mass is 35.5. The zero-order chi connectivity index (χ0) is 20.7. The van der Waals surface area contributed by atoms with E-state index in [1.54, 1.807) is 10.9 Å². The van der Waals surface area contributed by atoms with Crippen LogP contribution in [0.25, 0.3) is 21.9 Å². The Bertz CT molecular complexity index is 1430. The van der Waals surface area contributed by atoms with Crippen molar-refractivity contribution in [3.05, 3.63) is 111 Å². The van der Waals surface area contributed by atoms with Crippen LogP contribution in [0.2, 0.25) is 5.02 Å². The minimum Gasteiger partial charge on any atom is -0.330 e. The fraction of sp³-hybridized carbons (Fsp3) is 0.120. The van der Waals surface area contributed by atoms with Crippen LogP contribution < -0.4 is 5.56 Å². The van der Waals surface area contributed by atoms with Crippen LogP contribution in [0.15, 0.2) is 83.9 Å². The van der Waals surface area contributed by atoms with Crippen LogP contribution in [0, 0.1) is 6.92 Å². The van der Waals surface area contributed by atoms with Crippen LogP contribution in [0.1, 0.15) is 16.7 Å². The van der Waals surface area contributed by atoms with Crippen molar-refractivity contribution in [1.29, 1.82) is 0 Å². The molecule has 0 aliphatic heterocycles. The van der Waals surface area contributed by atoms with Crippen molar-refractivity contribution in [3.63, 3.8) is 0 Å². The van der Waals surface area contributed by atoms with E-state index >= 15 is 0 Å². The summed E-state index contributed by atoms with van der Waals surface area (Å²) in [5.41, 5.74) is 5.48. The van der Waals surface area contributed by atoms with Crippen LogP contribution >= 0.6 is 11.6 Å². The number of rotatable bonds is 4. The van der Waals surface area contributed by atoms with Crippen molar-refractivity contribution in [1.82, 2.24) is 14.1 Å². The van der Waals surface area contributed by atoms with Crippen molar-refractivity contribution in [2.24, 2.45) is 0 Å². The number of hydrogen-bond donors (Lipinski definition) is 0. The maximum absolute atomic E-state index is 13.6. The predicted octanol–water partition coefficient (Wildman–Crippen LogP) is 5.41. The van der Waals surface area contributed by atoms with Gasteiger partial charge in [-0.15, -0.1) is 0 Å². The summed E-state index contributed by atoms with van der Waals surface area (Å²) in [6, 6.07) is 24.0. The van der Waals surface area contributed by atoms with E-state index < -0.39 is 0 Å². The highest BCUT2D eigenvalue weighted by molar-refractivity contribution is 6.31. The van der Waals surface area contributed by atoms with Gasteiger partial charge in [-0.05, 0) is 36.2 Å². The van der Waals surface area contributed by atoms with Crippen molar-refractivity contribution < 1.29 is 0 Å². The Morgan fingerprint density at radius 3 is 2.50 bits per heavy atom. The van der Waals surface area contributed by atoms with E-state index in [1.807, 2.05) is 42.5 Å². The highest BCUT2D eigenvalue weighted by Gasteiger charge is 2.17. The monoisotopic (exact) mass is 413 g/mol. The standard InChI is InChI=1S/C25H20ClN3O/c1-17-11-12-22-20(13-17)23-24(29(22)14-18-7-3-2-4-8-18)25(30)28(16-27-23)15-19-9-5-6-10-21(19)26/h2-13,16H,14-15H2,1H3. The normalized spacial score (nSPS) is 11.4. The van der Waals surface area contributed by atoms with Gasteiger partial charge in [0.2, 0.25) is 0 Å². The Balaban J connectivity index is 1.75. The molecule has 0 saturated carbocycles. The number of benzene rings is 3. The maximum Gasteiger partial charge on any atom is 0.278 e. The van der Waals surface area contributed by atoms with Gasteiger partial charge in [0.15, 0.2) is 0 Å². The van der Waals surface area contributed by atoms with E-state index in [1.165, 1.54) is 0 Å². The van der Waals surface area contributed by atoms with E-state index in [-0.39, 0.29) is 5.56 Å². The minimum absolute atomic E-state index is 0.0651. The third kappa shape index (κ3) is 3.19. The van der Waals surface area contributed by atoms with E-state index in [2.05, 4.69) is 41.8 Å². The lowest BCUT2D eigenvalue weighted by molar-refractivity contribution is 0.738. The second-order valence-electron chi connectivity index (χ2n) is 7.56. The van der Waals surface area contributed by atoms with Crippen LogP contribution in [-0.2, 0) is 13.1 Å². The van der Waals surface area contributed by atoms with E-state index in [4.69, 9.17) is 16.6 Å². The summed E-state index contributed by atoms with van der Waals surface area (Å²) in [4.78, 5) is 18.3. The zero-order valence-electron chi connectivity index (χ0n) is 16.5. The summed E-state index contributed by atoms with van der Waals surface area (Å²) in [5.74, 6) is 0. The average molecular weight is 414 g/mol. The molecule has 5 heteroatoms. The summed E-state index contributed by atoms with van der Waals surface area (Å²) in [7, 11) is 0. The van der Waals surface area contributed by atoms with Crippen molar-refractivity contribution >= 4 is 33.5 Å². The summed E-state index contributed by atoms with van der Waals surface area (Å²) in [6.07, 6.45) is 1.63. The molecule has 0 N–H and O–H groups in total. The molecule has 0 saturated heterocycles. The van der Waals surface area contributed by atoms with E-state index in [0.717, 1.165) is 33.1 Å². The van der Waals surface area contributed by atoms with Gasteiger partial charge in [0.1, 0.15) is 11.0 Å². The molecule has 5 rings (SSSR count). The van der Waals surface area contributed by atoms with Crippen LogP contribution in [0.4, 0.5) is 0 Å². The number of hydrogen-bond acceptors (Lipinski definition) is 2. The minimum atomic E-state index is -0.0651. The number of nitrogens with zero attached hydrogens (tertiary/aromatic N) is 3. The van der Waals surface area contributed by atoms with Gasteiger partial charge in [-0.2, -0.15) is 0 Å². The third-order valence-corrected chi connectivity index (χ3v) is 5.83. The third-order valence-electron chi connectivity index (χ3n) is 5.46. The number of fused-ring (bicyclic) bond motifs is 3. The summed E-state index contributed by atoms with van der Waals surface area (Å²) >= 11 is 6.32. The molecule has 2 heterocycles. The van der Waals surface area contributed by atoms with Crippen LogP contribution in [0.3, 0.4) is 0 Å². The van der Waals surface area contributed by atoms with Gasteiger partial charge in [0, 0.05) is 17.0 Å². The predicted molar refractivity (Wildman–Crippen MR) is 122 cm³/mol. The first kappa shape index (κ1) is 18.6. The molecule has 3 aromatic carbocycles. The fourth-order valence-electron chi connectivity index (χ4n) is 3.97. The SMILES string of the molecule is Cc1ccc2c(c1)c1ncn(Cc3ccccc3Cl)c(=O)c1n2Cc1ccccc1. The topological polar surface area (TPSA) is 39.8 Å². The lowest BCUT2D eigenvalue weighted by Crippen LogP contribution is -2.23. The largest absolute Gasteiger partial charge is 0.330 e. The van der Waals surface area contributed by atoms with Crippen molar-refractivity contribution in [2.75, 3.05) is 0 Å². The maximum atomic E-state index is 13.6. The van der Waals surface area contributed by atoms with Gasteiger partial charge in [0.05, 0.1) is 18.4 Å². The van der Waals surface area contributed by atoms with E-state index in [9.17, 15) is 4.79 Å². The zero-order valence-corrected chi connectivity index (χ0v) is 17.3. The van der Waals surface area contributed by atoms with Gasteiger partial charge in [-0.1, -0.05) is 71.8 Å². The van der Waals surface area contributed by atoms with Gasteiger partial charge >= 0.3 is 0 Å². The number of aromatic nitrogens is 3. The van der Waals surface area contributed by atoms with Crippen molar-refractivity contribution in [2.45, 2.75) is 20.0 Å². The second kappa shape index (κ2) is 7.47. The van der Waals surface area contributed by atoms with E-state index in [0.29, 0.717) is 23.6 Å².